The number of hydrogen-bond donors (Lipinski definition) is 2. The van der Waals surface area contributed by atoms with E-state index >= 15 is 0 Å². The Hall–Kier alpha value is -1.18. The van der Waals surface area contributed by atoms with E-state index in [9.17, 15) is 0 Å². The zero-order chi connectivity index (χ0) is 13.3. The summed E-state index contributed by atoms with van der Waals surface area (Å²) in [5, 5.41) is 0. The topological polar surface area (TPSA) is 52.0 Å². The largest absolute Gasteiger partial charge is 0.397 e. The van der Waals surface area contributed by atoms with Gasteiger partial charge in [0.05, 0.1) is 11.4 Å². The number of benzene rings is 1. The molecule has 4 saturated carbocycles. The van der Waals surface area contributed by atoms with Crippen LogP contribution >= 0.6 is 0 Å². The highest BCUT2D eigenvalue weighted by Gasteiger charge is 2.56. The van der Waals surface area contributed by atoms with Crippen LogP contribution in [0.3, 0.4) is 0 Å². The molecule has 0 saturated heterocycles. The highest BCUT2D eigenvalue weighted by Crippen LogP contribution is 2.66. The fourth-order valence-electron chi connectivity index (χ4n) is 6.08. The van der Waals surface area contributed by atoms with Gasteiger partial charge in [0.25, 0.3) is 0 Å². The molecule has 102 valence electrons. The molecule has 0 aromatic heterocycles. The van der Waals surface area contributed by atoms with E-state index in [2.05, 4.69) is 19.1 Å². The van der Waals surface area contributed by atoms with Crippen molar-refractivity contribution in [2.75, 3.05) is 11.5 Å². The second kappa shape index (κ2) is 3.47. The lowest BCUT2D eigenvalue weighted by Crippen LogP contribution is -2.53. The van der Waals surface area contributed by atoms with Gasteiger partial charge in [0.15, 0.2) is 0 Å². The SMILES string of the molecule is CC12CC3CC(C1)CC(c1cccc(N)c1N)(C3)C2. The first-order valence-electron chi connectivity index (χ1n) is 7.64. The Morgan fingerprint density at radius 1 is 1.05 bits per heavy atom. The van der Waals surface area contributed by atoms with E-state index in [4.69, 9.17) is 11.5 Å². The molecule has 0 amide bonds. The molecular weight excluding hydrogens is 232 g/mol. The predicted molar refractivity (Wildman–Crippen MR) is 79.7 cm³/mol. The molecule has 2 atom stereocenters. The highest BCUT2D eigenvalue weighted by molar-refractivity contribution is 5.69. The highest BCUT2D eigenvalue weighted by atomic mass is 14.7. The van der Waals surface area contributed by atoms with Crippen molar-refractivity contribution in [1.29, 1.82) is 0 Å². The maximum atomic E-state index is 6.32. The third kappa shape index (κ3) is 1.55. The van der Waals surface area contributed by atoms with Gasteiger partial charge in [-0.25, -0.2) is 0 Å². The van der Waals surface area contributed by atoms with Crippen LogP contribution in [0.4, 0.5) is 11.4 Å². The molecule has 0 aliphatic heterocycles. The molecule has 0 radical (unpaired) electrons. The minimum Gasteiger partial charge on any atom is -0.397 e. The average Bonchev–Trinajstić information content (AvgIpc) is 2.29. The summed E-state index contributed by atoms with van der Waals surface area (Å²) in [7, 11) is 0. The molecule has 5 rings (SSSR count). The van der Waals surface area contributed by atoms with Crippen molar-refractivity contribution in [3.05, 3.63) is 23.8 Å². The van der Waals surface area contributed by atoms with Gasteiger partial charge in [-0.1, -0.05) is 19.1 Å². The van der Waals surface area contributed by atoms with Gasteiger partial charge in [0, 0.05) is 0 Å². The van der Waals surface area contributed by atoms with Gasteiger partial charge in [-0.05, 0) is 72.8 Å². The van der Waals surface area contributed by atoms with E-state index < -0.39 is 0 Å². The minimum absolute atomic E-state index is 0.332. The average molecular weight is 256 g/mol. The van der Waals surface area contributed by atoms with Crippen LogP contribution in [0.15, 0.2) is 18.2 Å². The van der Waals surface area contributed by atoms with Crippen LogP contribution < -0.4 is 11.5 Å². The Kier molecular flexibility index (Phi) is 2.13. The molecule has 4 aliphatic rings. The standard InChI is InChI=1S/C17H24N2/c1-16-6-11-5-12(7-16)9-17(8-11,10-16)13-3-2-4-14(18)15(13)19/h2-4,11-12H,5-10,18-19H2,1H3. The van der Waals surface area contributed by atoms with Gasteiger partial charge in [0.1, 0.15) is 0 Å². The van der Waals surface area contributed by atoms with Gasteiger partial charge < -0.3 is 11.5 Å². The zero-order valence-electron chi connectivity index (χ0n) is 11.8. The number of hydrogen-bond acceptors (Lipinski definition) is 2. The lowest BCUT2D eigenvalue weighted by Gasteiger charge is -2.61. The van der Waals surface area contributed by atoms with Crippen molar-refractivity contribution in [2.45, 2.75) is 50.9 Å². The van der Waals surface area contributed by atoms with Crippen molar-refractivity contribution in [2.24, 2.45) is 17.3 Å². The summed E-state index contributed by atoms with van der Waals surface area (Å²) in [4.78, 5) is 0. The van der Waals surface area contributed by atoms with E-state index in [-0.39, 0.29) is 0 Å². The van der Waals surface area contributed by atoms with Gasteiger partial charge in [-0.3, -0.25) is 0 Å². The summed E-state index contributed by atoms with van der Waals surface area (Å²) in [6.45, 7) is 2.50. The van der Waals surface area contributed by atoms with Crippen LogP contribution in [0, 0.1) is 17.3 Å². The fraction of sp³-hybridized carbons (Fsp3) is 0.647. The Labute approximate surface area is 115 Å². The molecule has 1 aromatic carbocycles. The van der Waals surface area contributed by atoms with Gasteiger partial charge in [-0.15, -0.1) is 0 Å². The summed E-state index contributed by atoms with van der Waals surface area (Å²) in [5.74, 6) is 1.85. The summed E-state index contributed by atoms with van der Waals surface area (Å²) in [5.41, 5.74) is 16.2. The van der Waals surface area contributed by atoms with E-state index in [0.717, 1.165) is 23.2 Å². The van der Waals surface area contributed by atoms with Crippen LogP contribution in [0.2, 0.25) is 0 Å². The Morgan fingerprint density at radius 3 is 2.37 bits per heavy atom. The van der Waals surface area contributed by atoms with Gasteiger partial charge in [-0.2, -0.15) is 0 Å². The number of nitrogens with two attached hydrogens (primary N) is 2. The molecule has 4 aliphatic carbocycles. The predicted octanol–water partition coefficient (Wildman–Crippen LogP) is 3.71. The van der Waals surface area contributed by atoms with E-state index in [0.29, 0.717) is 10.8 Å². The van der Waals surface area contributed by atoms with Gasteiger partial charge >= 0.3 is 0 Å². The molecule has 4 N–H and O–H groups in total. The molecule has 19 heavy (non-hydrogen) atoms. The smallest absolute Gasteiger partial charge is 0.0586 e. The number of anilines is 2. The first-order valence-corrected chi connectivity index (χ1v) is 7.64. The van der Waals surface area contributed by atoms with Crippen LogP contribution in [0.5, 0.6) is 0 Å². The van der Waals surface area contributed by atoms with Crippen molar-refractivity contribution in [3.8, 4) is 0 Å². The van der Waals surface area contributed by atoms with Crippen molar-refractivity contribution >= 4 is 11.4 Å². The van der Waals surface area contributed by atoms with Crippen molar-refractivity contribution in [1.82, 2.24) is 0 Å². The molecule has 0 spiro atoms. The zero-order valence-corrected chi connectivity index (χ0v) is 11.8. The quantitative estimate of drug-likeness (QED) is 0.753. The summed E-state index contributed by atoms with van der Waals surface area (Å²) < 4.78 is 0. The third-order valence-corrected chi connectivity index (χ3v) is 6.06. The van der Waals surface area contributed by atoms with Crippen LogP contribution in [0.1, 0.15) is 51.0 Å². The molecule has 2 nitrogen and oxygen atoms in total. The summed E-state index contributed by atoms with van der Waals surface area (Å²) in [6, 6.07) is 6.26. The van der Waals surface area contributed by atoms with Crippen LogP contribution in [-0.2, 0) is 5.41 Å². The van der Waals surface area contributed by atoms with Gasteiger partial charge in [0.2, 0.25) is 0 Å². The molecule has 0 heterocycles. The Bertz CT molecular complexity index is 520. The Morgan fingerprint density at radius 2 is 1.74 bits per heavy atom. The van der Waals surface area contributed by atoms with E-state index in [1.165, 1.54) is 44.1 Å². The summed E-state index contributed by atoms with van der Waals surface area (Å²) >= 11 is 0. The molecule has 4 bridgehead atoms. The maximum absolute atomic E-state index is 6.32. The number of rotatable bonds is 1. The maximum Gasteiger partial charge on any atom is 0.0586 e. The molecule has 4 fully saturated rings. The molecular formula is C17H24N2. The third-order valence-electron chi connectivity index (χ3n) is 6.06. The van der Waals surface area contributed by atoms with Crippen molar-refractivity contribution in [3.63, 3.8) is 0 Å². The van der Waals surface area contributed by atoms with Crippen LogP contribution in [-0.4, -0.2) is 0 Å². The number of para-hydroxylation sites is 1. The lowest BCUT2D eigenvalue weighted by molar-refractivity contribution is -0.0612. The van der Waals surface area contributed by atoms with Crippen molar-refractivity contribution < 1.29 is 0 Å². The second-order valence-electron chi connectivity index (χ2n) is 7.86. The first-order chi connectivity index (χ1) is 9.00. The normalized spacial score (nSPS) is 43.6. The van der Waals surface area contributed by atoms with E-state index in [1.807, 2.05) is 6.07 Å². The Balaban J connectivity index is 1.84. The molecule has 2 unspecified atom stereocenters. The lowest BCUT2D eigenvalue weighted by atomic mass is 9.43. The second-order valence-corrected chi connectivity index (χ2v) is 7.86. The molecule has 1 aromatic rings. The first kappa shape index (κ1) is 11.6. The molecule has 2 heteroatoms. The van der Waals surface area contributed by atoms with Crippen LogP contribution in [0.25, 0.3) is 0 Å². The minimum atomic E-state index is 0.332. The monoisotopic (exact) mass is 256 g/mol. The fourth-order valence-corrected chi connectivity index (χ4v) is 6.08. The summed E-state index contributed by atoms with van der Waals surface area (Å²) in [6.07, 6.45) is 8.33. The number of nitrogen functional groups attached to an aromatic ring is 2. The van der Waals surface area contributed by atoms with E-state index in [1.54, 1.807) is 0 Å².